The molecule has 0 spiro atoms. The van der Waals surface area contributed by atoms with Gasteiger partial charge in [0.1, 0.15) is 0 Å². The van der Waals surface area contributed by atoms with Crippen molar-refractivity contribution in [3.63, 3.8) is 0 Å². The van der Waals surface area contributed by atoms with Gasteiger partial charge in [0.05, 0.1) is 29.0 Å². The third-order valence-corrected chi connectivity index (χ3v) is 70.9. The number of hydrogen-bond acceptors (Lipinski definition) is 1. The fourth-order valence-electron chi connectivity index (χ4n) is 4.08. The highest BCUT2D eigenvalue weighted by Crippen LogP contribution is 2.37. The highest BCUT2D eigenvalue weighted by Gasteiger charge is 2.64. The summed E-state index contributed by atoms with van der Waals surface area (Å²) in [7, 11) is -3.77. The molecule has 0 radical (unpaired) electrons. The predicted molar refractivity (Wildman–Crippen MR) is 91.7 cm³/mol. The topological polar surface area (TPSA) is 9.23 Å². The molecule has 0 bridgehead atoms. The Bertz CT molecular complexity index is 242. The molecule has 0 aromatic carbocycles. The average Bonchev–Trinajstić information content (AvgIpc) is 1.96. The van der Waals surface area contributed by atoms with Gasteiger partial charge in [-0.1, -0.05) is 65.0 Å². The molecular weight excluding hydrogens is 272 g/mol. The molecule has 0 unspecified atom stereocenters. The smallest absolute Gasteiger partial charge is 0.205 e. The Hall–Kier alpha value is 0.408. The quantitative estimate of drug-likeness (QED) is 0.527. The Morgan fingerprint density at radius 2 is 0.941 bits per heavy atom. The van der Waals surface area contributed by atoms with E-state index in [1.165, 1.54) is 0 Å². The molecule has 0 amide bonds. The standard InChI is InChI=1S/C12H32OSi4/c1-11-12-13-17(14(2,3)4,15(5,6)7)16(8,9)10/h11-12H,1-10H3/b12-11+. The maximum Gasteiger partial charge on any atom is 0.205 e. The molecule has 0 aliphatic heterocycles. The van der Waals surface area contributed by atoms with Crippen molar-refractivity contribution in [3.8, 4) is 0 Å². The van der Waals surface area contributed by atoms with Crippen LogP contribution in [-0.4, -0.2) is 29.6 Å². The number of allylic oxidation sites excluding steroid dienone is 1. The minimum Gasteiger partial charge on any atom is -0.558 e. The van der Waals surface area contributed by atoms with Crippen molar-refractivity contribution >= 4 is 29.6 Å². The normalized spacial score (nSPS) is 15.4. The summed E-state index contributed by atoms with van der Waals surface area (Å²) in [6.07, 6.45) is 4.09. The highest BCUT2D eigenvalue weighted by atomic mass is 29.9. The fourth-order valence-corrected chi connectivity index (χ4v) is 97.0. The largest absolute Gasteiger partial charge is 0.558 e. The van der Waals surface area contributed by atoms with Crippen molar-refractivity contribution in [2.24, 2.45) is 0 Å². The van der Waals surface area contributed by atoms with E-state index in [4.69, 9.17) is 4.43 Å². The summed E-state index contributed by atoms with van der Waals surface area (Å²) in [5, 5.41) is 0. The zero-order chi connectivity index (χ0) is 14.1. The molecule has 0 saturated carbocycles. The first-order chi connectivity index (χ1) is 7.31. The summed E-state index contributed by atoms with van der Waals surface area (Å²) < 4.78 is 6.62. The minimum absolute atomic E-state index is 1.26. The van der Waals surface area contributed by atoms with Gasteiger partial charge in [-0.05, 0) is 6.92 Å². The predicted octanol–water partition coefficient (Wildman–Crippen LogP) is 4.73. The first kappa shape index (κ1) is 17.4. The van der Waals surface area contributed by atoms with Crippen molar-refractivity contribution in [3.05, 3.63) is 12.3 Å². The van der Waals surface area contributed by atoms with Gasteiger partial charge in [0.15, 0.2) is 0 Å². The van der Waals surface area contributed by atoms with Crippen LogP contribution in [-0.2, 0) is 4.43 Å². The summed E-state index contributed by atoms with van der Waals surface area (Å²) in [6.45, 7) is 23.3. The van der Waals surface area contributed by atoms with Crippen molar-refractivity contribution in [2.75, 3.05) is 0 Å². The lowest BCUT2D eigenvalue weighted by molar-refractivity contribution is 0.506. The van der Waals surface area contributed by atoms with E-state index in [9.17, 15) is 0 Å². The van der Waals surface area contributed by atoms with Crippen LogP contribution in [0.1, 0.15) is 6.92 Å². The van der Waals surface area contributed by atoms with Gasteiger partial charge >= 0.3 is 0 Å². The number of rotatable bonds is 5. The van der Waals surface area contributed by atoms with Gasteiger partial charge in [-0.15, -0.1) is 0 Å². The molecule has 1 nitrogen and oxygen atoms in total. The van der Waals surface area contributed by atoms with Gasteiger partial charge < -0.3 is 4.43 Å². The van der Waals surface area contributed by atoms with Crippen LogP contribution < -0.4 is 0 Å². The molecule has 0 N–H and O–H groups in total. The zero-order valence-corrected chi connectivity index (χ0v) is 17.6. The third-order valence-electron chi connectivity index (χ3n) is 3.55. The molecule has 0 aliphatic carbocycles. The van der Waals surface area contributed by atoms with Gasteiger partial charge in [-0.25, -0.2) is 0 Å². The highest BCUT2D eigenvalue weighted by molar-refractivity contribution is 7.87. The van der Waals surface area contributed by atoms with Crippen LogP contribution >= 0.6 is 0 Å². The second kappa shape index (κ2) is 5.19. The van der Waals surface area contributed by atoms with Gasteiger partial charge in [-0.3, -0.25) is 0 Å². The van der Waals surface area contributed by atoms with E-state index >= 15 is 0 Å². The molecule has 0 atom stereocenters. The first-order valence-electron chi connectivity index (χ1n) is 6.60. The monoisotopic (exact) mass is 304 g/mol. The summed E-state index contributed by atoms with van der Waals surface area (Å²) >= 11 is 0. The molecule has 0 saturated heterocycles. The lowest BCUT2D eigenvalue weighted by atomic mass is 10.8. The second-order valence-electron chi connectivity index (χ2n) is 8.02. The molecule has 0 fully saturated rings. The lowest BCUT2D eigenvalue weighted by Crippen LogP contribution is -2.83. The summed E-state index contributed by atoms with van der Waals surface area (Å²) in [5.41, 5.74) is 0. The molecule has 0 aliphatic rings. The van der Waals surface area contributed by atoms with Crippen LogP contribution in [0.2, 0.25) is 58.9 Å². The SMILES string of the molecule is C/C=C/O[Si]([Si](C)(C)C)([Si](C)(C)C)[Si](C)(C)C. The van der Waals surface area contributed by atoms with Gasteiger partial charge in [0, 0.05) is 0 Å². The van der Waals surface area contributed by atoms with Crippen molar-refractivity contribution in [2.45, 2.75) is 65.8 Å². The minimum atomic E-state index is -1.59. The summed E-state index contributed by atoms with van der Waals surface area (Å²) in [6, 6.07) is 0. The Labute approximate surface area is 112 Å². The molecule has 0 aromatic rings. The van der Waals surface area contributed by atoms with E-state index < -0.39 is 29.6 Å². The summed E-state index contributed by atoms with van der Waals surface area (Å²) in [4.78, 5) is 0. The Balaban J connectivity index is 5.92. The van der Waals surface area contributed by atoms with E-state index in [2.05, 4.69) is 71.9 Å². The van der Waals surface area contributed by atoms with Crippen LogP contribution in [0.3, 0.4) is 0 Å². The summed E-state index contributed by atoms with van der Waals surface area (Å²) in [5.74, 6) is 0. The van der Waals surface area contributed by atoms with E-state index in [0.717, 1.165) is 0 Å². The van der Waals surface area contributed by atoms with Crippen molar-refractivity contribution in [1.82, 2.24) is 0 Å². The van der Waals surface area contributed by atoms with E-state index in [1.54, 1.807) is 0 Å². The van der Waals surface area contributed by atoms with Crippen LogP contribution in [0.5, 0.6) is 0 Å². The first-order valence-corrected chi connectivity index (χ1v) is 22.0. The molecular formula is C12H32OSi4. The van der Waals surface area contributed by atoms with Gasteiger partial charge in [0.2, 0.25) is 6.87 Å². The molecule has 0 heterocycles. The van der Waals surface area contributed by atoms with E-state index in [-0.39, 0.29) is 0 Å². The number of hydrogen-bond donors (Lipinski definition) is 0. The molecule has 0 rings (SSSR count). The zero-order valence-electron chi connectivity index (χ0n) is 13.6. The Morgan fingerprint density at radius 3 is 1.12 bits per heavy atom. The molecule has 102 valence electrons. The van der Waals surface area contributed by atoms with Crippen LogP contribution in [0, 0.1) is 0 Å². The fraction of sp³-hybridized carbons (Fsp3) is 0.833. The lowest BCUT2D eigenvalue weighted by Gasteiger charge is -2.55. The van der Waals surface area contributed by atoms with Crippen LogP contribution in [0.25, 0.3) is 0 Å². The van der Waals surface area contributed by atoms with Gasteiger partial charge in [0.25, 0.3) is 0 Å². The third kappa shape index (κ3) is 3.24. The van der Waals surface area contributed by atoms with E-state index in [1.807, 2.05) is 6.26 Å². The van der Waals surface area contributed by atoms with E-state index in [0.29, 0.717) is 0 Å². The maximum atomic E-state index is 6.62. The van der Waals surface area contributed by atoms with Gasteiger partial charge in [-0.2, -0.15) is 0 Å². The van der Waals surface area contributed by atoms with Crippen molar-refractivity contribution < 1.29 is 4.43 Å². The molecule has 0 aromatic heterocycles. The second-order valence-corrected chi connectivity index (χ2v) is 47.5. The van der Waals surface area contributed by atoms with Crippen molar-refractivity contribution in [1.29, 1.82) is 0 Å². The average molecular weight is 305 g/mol. The Morgan fingerprint density at radius 1 is 0.647 bits per heavy atom. The molecule has 17 heavy (non-hydrogen) atoms. The van der Waals surface area contributed by atoms with Crippen LogP contribution in [0.4, 0.5) is 0 Å². The van der Waals surface area contributed by atoms with Crippen LogP contribution in [0.15, 0.2) is 12.3 Å². The Kier molecular flexibility index (Phi) is 5.31. The molecule has 5 heteroatoms. The maximum absolute atomic E-state index is 6.62.